The summed E-state index contributed by atoms with van der Waals surface area (Å²) in [6.07, 6.45) is 0.864. The van der Waals surface area contributed by atoms with Gasteiger partial charge in [-0.3, -0.25) is 0 Å². The number of hydrogen-bond donors (Lipinski definition) is 0. The third-order valence-corrected chi connectivity index (χ3v) is 6.79. The first-order valence-corrected chi connectivity index (χ1v) is 9.34. The van der Waals surface area contributed by atoms with E-state index in [0.29, 0.717) is 35.9 Å². The van der Waals surface area contributed by atoms with Gasteiger partial charge in [-0.05, 0) is 44.2 Å². The van der Waals surface area contributed by atoms with Gasteiger partial charge in [-0.1, -0.05) is 0 Å². The highest BCUT2D eigenvalue weighted by Crippen LogP contribution is 2.30. The normalized spacial score (nSPS) is 26.7. The molecule has 6 nitrogen and oxygen atoms in total. The summed E-state index contributed by atoms with van der Waals surface area (Å²) < 4.78 is 39.0. The molecule has 128 valence electrons. The van der Waals surface area contributed by atoms with Crippen LogP contribution in [0.3, 0.4) is 0 Å². The Bertz CT molecular complexity index is 677. The first-order chi connectivity index (χ1) is 10.9. The van der Waals surface area contributed by atoms with Gasteiger partial charge in [-0.2, -0.15) is 4.31 Å². The molecule has 2 aliphatic rings. The maximum atomic E-state index is 13.2. The van der Waals surface area contributed by atoms with Crippen molar-refractivity contribution >= 4 is 10.0 Å². The van der Waals surface area contributed by atoms with Crippen LogP contribution in [0.5, 0.6) is 5.75 Å². The topological polar surface area (TPSA) is 59.1 Å². The second-order valence-electron chi connectivity index (χ2n) is 6.27. The Morgan fingerprint density at radius 3 is 2.78 bits per heavy atom. The van der Waals surface area contributed by atoms with Gasteiger partial charge in [0.25, 0.3) is 0 Å². The maximum absolute atomic E-state index is 13.2. The molecule has 2 atom stereocenters. The molecule has 0 radical (unpaired) electrons. The van der Waals surface area contributed by atoms with E-state index in [1.54, 1.807) is 36.5 Å². The number of morpholine rings is 1. The number of ether oxygens (including phenoxy) is 2. The number of sulfonamides is 1. The zero-order valence-electron chi connectivity index (χ0n) is 13.9. The molecule has 2 aliphatic heterocycles. The van der Waals surface area contributed by atoms with Gasteiger partial charge in [-0.25, -0.2) is 8.42 Å². The lowest BCUT2D eigenvalue weighted by atomic mass is 10.0. The average molecular weight is 340 g/mol. The number of hydrogen-bond acceptors (Lipinski definition) is 5. The van der Waals surface area contributed by atoms with E-state index >= 15 is 0 Å². The van der Waals surface area contributed by atoms with E-state index in [-0.39, 0.29) is 12.1 Å². The van der Waals surface area contributed by atoms with Crippen LogP contribution in [0.25, 0.3) is 0 Å². The lowest BCUT2D eigenvalue weighted by Gasteiger charge is -2.45. The summed E-state index contributed by atoms with van der Waals surface area (Å²) in [5, 5.41) is 0. The Morgan fingerprint density at radius 1 is 1.30 bits per heavy atom. The fourth-order valence-corrected chi connectivity index (χ4v) is 5.29. The molecule has 0 aromatic heterocycles. The standard InChI is InChI=1S/C16H24N2O4S/c1-12-10-13(21-3)4-5-16(12)23(19,20)18-8-9-22-15-6-7-17(2)11-14(15)18/h4-5,10,14-15H,6-9,11H2,1-3H3/t14-,15+/m0/s1. The third-order valence-electron chi connectivity index (χ3n) is 4.71. The van der Waals surface area contributed by atoms with E-state index in [9.17, 15) is 8.42 Å². The summed E-state index contributed by atoms with van der Waals surface area (Å²) >= 11 is 0. The highest BCUT2D eigenvalue weighted by molar-refractivity contribution is 7.89. The van der Waals surface area contributed by atoms with E-state index in [1.807, 2.05) is 7.05 Å². The van der Waals surface area contributed by atoms with E-state index in [1.165, 1.54) is 0 Å². The molecule has 0 N–H and O–H groups in total. The van der Waals surface area contributed by atoms with Gasteiger partial charge >= 0.3 is 0 Å². The predicted octanol–water partition coefficient (Wildman–Crippen LogP) is 1.10. The van der Waals surface area contributed by atoms with Crippen LogP contribution in [-0.2, 0) is 14.8 Å². The van der Waals surface area contributed by atoms with E-state index < -0.39 is 10.0 Å². The summed E-state index contributed by atoms with van der Waals surface area (Å²) in [6.45, 7) is 4.32. The largest absolute Gasteiger partial charge is 0.497 e. The molecule has 0 spiro atoms. The zero-order valence-corrected chi connectivity index (χ0v) is 14.7. The number of rotatable bonds is 3. The molecule has 7 heteroatoms. The van der Waals surface area contributed by atoms with Crippen LogP contribution in [0.2, 0.25) is 0 Å². The molecule has 0 amide bonds. The average Bonchev–Trinajstić information content (AvgIpc) is 2.53. The van der Waals surface area contributed by atoms with Gasteiger partial charge in [0.15, 0.2) is 0 Å². The van der Waals surface area contributed by atoms with Crippen molar-refractivity contribution < 1.29 is 17.9 Å². The lowest BCUT2D eigenvalue weighted by molar-refractivity contribution is -0.0719. The fourth-order valence-electron chi connectivity index (χ4n) is 3.46. The van der Waals surface area contributed by atoms with Gasteiger partial charge in [0.1, 0.15) is 5.75 Å². The van der Waals surface area contributed by atoms with Crippen LogP contribution >= 0.6 is 0 Å². The Balaban J connectivity index is 1.94. The Kier molecular flexibility index (Phi) is 4.64. The molecule has 1 aromatic rings. The number of likely N-dealkylation sites (tertiary alicyclic amines) is 1. The summed E-state index contributed by atoms with van der Waals surface area (Å²) in [4.78, 5) is 2.52. The minimum atomic E-state index is -3.54. The lowest BCUT2D eigenvalue weighted by Crippen LogP contribution is -2.60. The zero-order chi connectivity index (χ0) is 16.6. The van der Waals surface area contributed by atoms with E-state index in [0.717, 1.165) is 13.0 Å². The second-order valence-corrected chi connectivity index (χ2v) is 8.13. The van der Waals surface area contributed by atoms with Gasteiger partial charge in [0, 0.05) is 19.6 Å². The number of piperidine rings is 1. The van der Waals surface area contributed by atoms with Crippen LogP contribution in [0.4, 0.5) is 0 Å². The van der Waals surface area contributed by atoms with Gasteiger partial charge < -0.3 is 14.4 Å². The van der Waals surface area contributed by atoms with Crippen molar-refractivity contribution in [3.63, 3.8) is 0 Å². The Labute approximate surface area is 138 Å². The van der Waals surface area contributed by atoms with Crippen molar-refractivity contribution in [2.24, 2.45) is 0 Å². The first kappa shape index (κ1) is 16.7. The number of likely N-dealkylation sites (N-methyl/N-ethyl adjacent to an activating group) is 1. The van der Waals surface area contributed by atoms with Crippen LogP contribution in [0, 0.1) is 6.92 Å². The van der Waals surface area contributed by atoms with Gasteiger partial charge in [0.2, 0.25) is 10.0 Å². The fraction of sp³-hybridized carbons (Fsp3) is 0.625. The summed E-state index contributed by atoms with van der Waals surface area (Å²) in [6, 6.07) is 4.98. The Hall–Kier alpha value is -1.15. The van der Waals surface area contributed by atoms with Crippen molar-refractivity contribution in [2.45, 2.75) is 30.4 Å². The van der Waals surface area contributed by atoms with Gasteiger partial charge in [0.05, 0.1) is 30.8 Å². The van der Waals surface area contributed by atoms with Crippen LogP contribution in [0.1, 0.15) is 12.0 Å². The number of fused-ring (bicyclic) bond motifs is 1. The van der Waals surface area contributed by atoms with Crippen LogP contribution in [-0.4, -0.2) is 70.2 Å². The number of nitrogens with zero attached hydrogens (tertiary/aromatic N) is 2. The van der Waals surface area contributed by atoms with Crippen LogP contribution in [0.15, 0.2) is 23.1 Å². The molecule has 2 fully saturated rings. The number of methoxy groups -OCH3 is 1. The van der Waals surface area contributed by atoms with E-state index in [4.69, 9.17) is 9.47 Å². The molecule has 2 heterocycles. The molecule has 3 rings (SSSR count). The Morgan fingerprint density at radius 2 is 2.09 bits per heavy atom. The first-order valence-electron chi connectivity index (χ1n) is 7.90. The molecule has 23 heavy (non-hydrogen) atoms. The predicted molar refractivity (Wildman–Crippen MR) is 87.3 cm³/mol. The minimum Gasteiger partial charge on any atom is -0.497 e. The highest BCUT2D eigenvalue weighted by atomic mass is 32.2. The summed E-state index contributed by atoms with van der Waals surface area (Å²) in [7, 11) is 0.0584. The minimum absolute atomic E-state index is 0.00622. The molecular weight excluding hydrogens is 316 g/mol. The molecule has 0 bridgehead atoms. The van der Waals surface area contributed by atoms with Crippen molar-refractivity contribution in [1.29, 1.82) is 0 Å². The van der Waals surface area contributed by atoms with Crippen LogP contribution < -0.4 is 4.74 Å². The second kappa shape index (κ2) is 6.39. The molecule has 2 saturated heterocycles. The van der Waals surface area contributed by atoms with Crippen molar-refractivity contribution in [3.05, 3.63) is 23.8 Å². The smallest absolute Gasteiger partial charge is 0.243 e. The monoisotopic (exact) mass is 340 g/mol. The van der Waals surface area contributed by atoms with Crippen molar-refractivity contribution in [1.82, 2.24) is 9.21 Å². The number of aryl methyl sites for hydroxylation is 1. The highest BCUT2D eigenvalue weighted by Gasteiger charge is 2.42. The third kappa shape index (κ3) is 3.10. The molecule has 1 aromatic carbocycles. The molecule has 0 unspecified atom stereocenters. The van der Waals surface area contributed by atoms with Gasteiger partial charge in [-0.15, -0.1) is 0 Å². The van der Waals surface area contributed by atoms with Crippen molar-refractivity contribution in [3.8, 4) is 5.75 Å². The summed E-state index contributed by atoms with van der Waals surface area (Å²) in [5.41, 5.74) is 0.705. The maximum Gasteiger partial charge on any atom is 0.243 e. The van der Waals surface area contributed by atoms with E-state index in [2.05, 4.69) is 4.90 Å². The quantitative estimate of drug-likeness (QED) is 0.825. The molecule has 0 aliphatic carbocycles. The summed E-state index contributed by atoms with van der Waals surface area (Å²) in [5.74, 6) is 0.665. The molecular formula is C16H24N2O4S. The van der Waals surface area contributed by atoms with Crippen molar-refractivity contribution in [2.75, 3.05) is 40.4 Å². The SMILES string of the molecule is COc1ccc(S(=O)(=O)N2CCO[C@@H]3CCN(C)C[C@@H]32)c(C)c1. The number of benzene rings is 1. The molecule has 0 saturated carbocycles.